The van der Waals surface area contributed by atoms with Crippen molar-refractivity contribution < 1.29 is 19.4 Å². The molecule has 0 radical (unpaired) electrons. The number of amides is 1. The Bertz CT molecular complexity index is 1330. The smallest absolute Gasteiger partial charge is 0.251 e. The van der Waals surface area contributed by atoms with Gasteiger partial charge in [0.2, 0.25) is 5.95 Å². The molecule has 3 heterocycles. The highest BCUT2D eigenvalue weighted by molar-refractivity contribution is 5.80. The Labute approximate surface area is 227 Å². The first-order chi connectivity index (χ1) is 19.0. The molecule has 5 rings (SSSR count). The SMILES string of the molecule is CC(O)C(=O)N1CCC(Oc2ccc(-c3ccnc(Nc4ccc(N5CCOCC5)cc4)n3)cc2C#N)CC1. The predicted molar refractivity (Wildman–Crippen MR) is 147 cm³/mol. The molecule has 202 valence electrons. The summed E-state index contributed by atoms with van der Waals surface area (Å²) >= 11 is 0. The average molecular weight is 529 g/mol. The number of nitrogens with one attached hydrogen (secondary N) is 1. The number of aliphatic hydroxyl groups excluding tert-OH is 1. The Hall–Kier alpha value is -4.20. The Morgan fingerprint density at radius 1 is 1.13 bits per heavy atom. The number of aromatic nitrogens is 2. The number of anilines is 3. The highest BCUT2D eigenvalue weighted by Gasteiger charge is 2.26. The fourth-order valence-electron chi connectivity index (χ4n) is 4.80. The van der Waals surface area contributed by atoms with E-state index in [1.807, 2.05) is 18.2 Å². The van der Waals surface area contributed by atoms with Crippen LogP contribution < -0.4 is 15.0 Å². The minimum absolute atomic E-state index is 0.106. The van der Waals surface area contributed by atoms with Gasteiger partial charge in [0, 0.05) is 62.2 Å². The monoisotopic (exact) mass is 528 g/mol. The van der Waals surface area contributed by atoms with Crippen molar-refractivity contribution in [1.82, 2.24) is 14.9 Å². The van der Waals surface area contributed by atoms with Crippen LogP contribution in [0.1, 0.15) is 25.3 Å². The van der Waals surface area contributed by atoms with Gasteiger partial charge in [-0.1, -0.05) is 0 Å². The van der Waals surface area contributed by atoms with Crippen LogP contribution in [0.15, 0.2) is 54.7 Å². The van der Waals surface area contributed by atoms with Crippen molar-refractivity contribution in [2.45, 2.75) is 32.0 Å². The second-order valence-electron chi connectivity index (χ2n) is 9.68. The minimum atomic E-state index is -1.00. The van der Waals surface area contributed by atoms with Crippen molar-refractivity contribution in [2.75, 3.05) is 49.6 Å². The minimum Gasteiger partial charge on any atom is -0.489 e. The number of hydrogen-bond acceptors (Lipinski definition) is 9. The van der Waals surface area contributed by atoms with Crippen LogP contribution in [0.3, 0.4) is 0 Å². The van der Waals surface area contributed by atoms with Crippen LogP contribution in [0.25, 0.3) is 11.3 Å². The Morgan fingerprint density at radius 3 is 2.56 bits per heavy atom. The molecule has 0 aliphatic carbocycles. The van der Waals surface area contributed by atoms with Crippen molar-refractivity contribution in [3.8, 4) is 23.1 Å². The molecule has 1 atom stereocenters. The molecule has 0 saturated carbocycles. The molecule has 1 aromatic heterocycles. The summed E-state index contributed by atoms with van der Waals surface area (Å²) < 4.78 is 11.6. The number of aliphatic hydroxyl groups is 1. The van der Waals surface area contributed by atoms with Crippen molar-refractivity contribution >= 4 is 23.2 Å². The van der Waals surface area contributed by atoms with Gasteiger partial charge in [-0.05, 0) is 55.5 Å². The van der Waals surface area contributed by atoms with E-state index in [1.54, 1.807) is 29.3 Å². The highest BCUT2D eigenvalue weighted by atomic mass is 16.5. The number of rotatable bonds is 7. The van der Waals surface area contributed by atoms with Gasteiger partial charge in [-0.2, -0.15) is 5.26 Å². The summed E-state index contributed by atoms with van der Waals surface area (Å²) in [5, 5.41) is 22.6. The second-order valence-corrected chi connectivity index (χ2v) is 9.68. The summed E-state index contributed by atoms with van der Waals surface area (Å²) in [4.78, 5) is 25.0. The van der Waals surface area contributed by atoms with Crippen LogP contribution in [-0.2, 0) is 9.53 Å². The zero-order chi connectivity index (χ0) is 27.2. The van der Waals surface area contributed by atoms with Gasteiger partial charge in [-0.15, -0.1) is 0 Å². The first-order valence-electron chi connectivity index (χ1n) is 13.2. The van der Waals surface area contributed by atoms with E-state index in [2.05, 4.69) is 38.4 Å². The maximum Gasteiger partial charge on any atom is 0.251 e. The summed E-state index contributed by atoms with van der Waals surface area (Å²) in [7, 11) is 0. The highest BCUT2D eigenvalue weighted by Crippen LogP contribution is 2.29. The summed E-state index contributed by atoms with van der Waals surface area (Å²) in [6.45, 7) is 5.77. The maximum absolute atomic E-state index is 12.0. The molecule has 0 bridgehead atoms. The van der Waals surface area contributed by atoms with Crippen molar-refractivity contribution in [3.63, 3.8) is 0 Å². The molecule has 10 nitrogen and oxygen atoms in total. The van der Waals surface area contributed by atoms with Crippen LogP contribution >= 0.6 is 0 Å². The Balaban J connectivity index is 1.23. The molecular weight excluding hydrogens is 496 g/mol. The topological polar surface area (TPSA) is 124 Å². The molecule has 1 unspecified atom stereocenters. The molecule has 3 aromatic rings. The third-order valence-electron chi connectivity index (χ3n) is 6.96. The molecule has 2 aliphatic heterocycles. The predicted octanol–water partition coefficient (Wildman–Crippen LogP) is 3.35. The number of nitrogens with zero attached hydrogens (tertiary/aromatic N) is 5. The lowest BCUT2D eigenvalue weighted by Gasteiger charge is -2.33. The van der Waals surface area contributed by atoms with Gasteiger partial charge in [0.25, 0.3) is 5.91 Å². The lowest BCUT2D eigenvalue weighted by molar-refractivity contribution is -0.141. The summed E-state index contributed by atoms with van der Waals surface area (Å²) in [6.07, 6.45) is 1.86. The fraction of sp³-hybridized carbons (Fsp3) is 0.379. The van der Waals surface area contributed by atoms with E-state index in [0.29, 0.717) is 48.9 Å². The zero-order valence-corrected chi connectivity index (χ0v) is 21.9. The Kier molecular flexibility index (Phi) is 8.20. The summed E-state index contributed by atoms with van der Waals surface area (Å²) in [6, 6.07) is 17.6. The molecule has 2 N–H and O–H groups in total. The van der Waals surface area contributed by atoms with Gasteiger partial charge in [-0.3, -0.25) is 4.79 Å². The van der Waals surface area contributed by atoms with Crippen LogP contribution in [0.2, 0.25) is 0 Å². The van der Waals surface area contributed by atoms with Gasteiger partial charge in [0.15, 0.2) is 0 Å². The van der Waals surface area contributed by atoms with E-state index >= 15 is 0 Å². The standard InChI is InChI=1S/C29H32N6O4/c1-20(36)28(37)35-12-9-25(10-13-35)39-27-7-2-21(18-22(27)19-30)26-8-11-31-29(33-26)32-23-3-5-24(6-4-23)34-14-16-38-17-15-34/h2-8,11,18,20,25,36H,9-10,12-17H2,1H3,(H,31,32,33). The second kappa shape index (κ2) is 12.1. The molecule has 10 heteroatoms. The summed E-state index contributed by atoms with van der Waals surface area (Å²) in [5.41, 5.74) is 3.92. The maximum atomic E-state index is 12.0. The number of carbonyl (C=O) groups is 1. The van der Waals surface area contributed by atoms with Gasteiger partial charge in [0.1, 0.15) is 24.0 Å². The first-order valence-corrected chi connectivity index (χ1v) is 13.2. The molecule has 2 aromatic carbocycles. The first kappa shape index (κ1) is 26.4. The number of hydrogen-bond donors (Lipinski definition) is 2. The van der Waals surface area contributed by atoms with E-state index in [4.69, 9.17) is 9.47 Å². The normalized spacial score (nSPS) is 16.8. The number of nitriles is 1. The molecule has 0 spiro atoms. The van der Waals surface area contributed by atoms with E-state index in [0.717, 1.165) is 43.2 Å². The number of carbonyl (C=O) groups excluding carboxylic acids is 1. The fourth-order valence-corrected chi connectivity index (χ4v) is 4.80. The van der Waals surface area contributed by atoms with E-state index < -0.39 is 6.10 Å². The molecule has 2 fully saturated rings. The Morgan fingerprint density at radius 2 is 1.87 bits per heavy atom. The van der Waals surface area contributed by atoms with E-state index in [1.165, 1.54) is 6.92 Å². The molecule has 2 aliphatic rings. The summed E-state index contributed by atoms with van der Waals surface area (Å²) in [5.74, 6) is 0.706. The molecule has 39 heavy (non-hydrogen) atoms. The van der Waals surface area contributed by atoms with E-state index in [-0.39, 0.29) is 12.0 Å². The molecule has 2 saturated heterocycles. The number of benzene rings is 2. The van der Waals surface area contributed by atoms with Gasteiger partial charge in [-0.25, -0.2) is 9.97 Å². The third-order valence-corrected chi connectivity index (χ3v) is 6.96. The van der Waals surface area contributed by atoms with Gasteiger partial charge >= 0.3 is 0 Å². The number of morpholine rings is 1. The van der Waals surface area contributed by atoms with Crippen LogP contribution in [0.4, 0.5) is 17.3 Å². The van der Waals surface area contributed by atoms with Crippen molar-refractivity contribution in [2.24, 2.45) is 0 Å². The lowest BCUT2D eigenvalue weighted by Crippen LogP contribution is -2.45. The van der Waals surface area contributed by atoms with Crippen LogP contribution in [0, 0.1) is 11.3 Å². The average Bonchev–Trinajstić information content (AvgIpc) is 2.98. The molecule has 1 amide bonds. The lowest BCUT2D eigenvalue weighted by atomic mass is 10.1. The quantitative estimate of drug-likeness (QED) is 0.475. The number of likely N-dealkylation sites (tertiary alicyclic amines) is 1. The zero-order valence-electron chi connectivity index (χ0n) is 21.9. The van der Waals surface area contributed by atoms with Crippen molar-refractivity contribution in [1.29, 1.82) is 5.26 Å². The largest absolute Gasteiger partial charge is 0.489 e. The number of piperidine rings is 1. The number of ether oxygens (including phenoxy) is 2. The van der Waals surface area contributed by atoms with Gasteiger partial charge < -0.3 is 29.7 Å². The third kappa shape index (κ3) is 6.45. The van der Waals surface area contributed by atoms with E-state index in [9.17, 15) is 15.2 Å². The van der Waals surface area contributed by atoms with Crippen LogP contribution in [-0.4, -0.2) is 77.5 Å². The van der Waals surface area contributed by atoms with Crippen LogP contribution in [0.5, 0.6) is 5.75 Å². The van der Waals surface area contributed by atoms with Crippen molar-refractivity contribution in [3.05, 3.63) is 60.3 Å². The van der Waals surface area contributed by atoms with Gasteiger partial charge in [0.05, 0.1) is 24.5 Å². The molecular formula is C29H32N6O4.